The Labute approximate surface area is 132 Å². The van der Waals surface area contributed by atoms with Gasteiger partial charge in [-0.05, 0) is 48.0 Å². The molecule has 0 spiro atoms. The molecule has 0 fully saturated rings. The topological polar surface area (TPSA) is 63.6 Å². The Kier molecular flexibility index (Phi) is 4.96. The Hall–Kier alpha value is -2.59. The van der Waals surface area contributed by atoms with Crippen molar-refractivity contribution in [1.82, 2.24) is 0 Å². The molecule has 2 rings (SSSR count). The molecule has 0 aromatic heterocycles. The minimum atomic E-state index is -1.07. The summed E-state index contributed by atoms with van der Waals surface area (Å²) in [6.07, 6.45) is 3.02. The van der Waals surface area contributed by atoms with E-state index in [-0.39, 0.29) is 17.1 Å². The number of carbonyl (C=O) groups is 2. The summed E-state index contributed by atoms with van der Waals surface area (Å²) in [6.45, 7) is 0. The number of carboxylic acids is 1. The molecule has 0 aliphatic carbocycles. The van der Waals surface area contributed by atoms with Crippen molar-refractivity contribution in [2.45, 2.75) is 0 Å². The highest BCUT2D eigenvalue weighted by atomic mass is 35.5. The first kappa shape index (κ1) is 15.8. The van der Waals surface area contributed by atoms with Gasteiger partial charge in [-0.2, -0.15) is 0 Å². The second kappa shape index (κ2) is 6.91. The van der Waals surface area contributed by atoms with Gasteiger partial charge >= 0.3 is 5.97 Å². The first-order valence-electron chi connectivity index (χ1n) is 6.40. The molecule has 0 radical (unpaired) electrons. The van der Waals surface area contributed by atoms with Crippen molar-refractivity contribution in [2.24, 2.45) is 0 Å². The average molecular weight is 317 g/mol. The summed E-state index contributed by atoms with van der Waals surface area (Å²) < 4.78 is 5.04. The molecule has 0 aliphatic heterocycles. The number of hydrogen-bond acceptors (Lipinski definition) is 3. The van der Waals surface area contributed by atoms with Gasteiger partial charge < -0.3 is 9.84 Å². The summed E-state index contributed by atoms with van der Waals surface area (Å²) in [5.41, 5.74) is 1.27. The van der Waals surface area contributed by atoms with Crippen molar-refractivity contribution in [3.8, 4) is 5.75 Å². The van der Waals surface area contributed by atoms with Gasteiger partial charge in [0.05, 0.1) is 7.11 Å². The van der Waals surface area contributed by atoms with Crippen LogP contribution in [0, 0.1) is 0 Å². The van der Waals surface area contributed by atoms with E-state index in [4.69, 9.17) is 21.4 Å². The third-order valence-corrected chi connectivity index (χ3v) is 3.26. The Morgan fingerprint density at radius 3 is 2.41 bits per heavy atom. The van der Waals surface area contributed by atoms with E-state index in [2.05, 4.69) is 0 Å². The smallest absolute Gasteiger partial charge is 0.339 e. The summed E-state index contributed by atoms with van der Waals surface area (Å²) in [5.74, 6) is -0.990. The molecule has 4 nitrogen and oxygen atoms in total. The lowest BCUT2D eigenvalue weighted by atomic mass is 10.1. The second-order valence-corrected chi connectivity index (χ2v) is 4.91. The minimum absolute atomic E-state index is 0.0728. The van der Waals surface area contributed by atoms with Crippen LogP contribution in [-0.2, 0) is 0 Å². The number of carbonyl (C=O) groups excluding carboxylic acids is 1. The molecule has 112 valence electrons. The SMILES string of the molecule is COc1cc(/C=C/C(=O)c2ccc(Cl)cc2)ccc1C(=O)O. The molecular weight excluding hydrogens is 304 g/mol. The molecule has 0 saturated heterocycles. The molecule has 1 N–H and O–H groups in total. The standard InChI is InChI=1S/C17H13ClO4/c1-22-16-10-11(2-8-14(16)17(20)21)3-9-15(19)12-4-6-13(18)7-5-12/h2-10H,1H3,(H,20,21)/b9-3+. The molecule has 0 heterocycles. The van der Waals surface area contributed by atoms with E-state index >= 15 is 0 Å². The number of ketones is 1. The Balaban J connectivity index is 2.21. The van der Waals surface area contributed by atoms with E-state index in [0.29, 0.717) is 16.1 Å². The number of ether oxygens (including phenoxy) is 1. The van der Waals surface area contributed by atoms with E-state index < -0.39 is 5.97 Å². The van der Waals surface area contributed by atoms with Crippen molar-refractivity contribution in [2.75, 3.05) is 7.11 Å². The molecule has 0 saturated carbocycles. The lowest BCUT2D eigenvalue weighted by Gasteiger charge is -2.05. The number of carboxylic acid groups (broad SMARTS) is 1. The maximum atomic E-state index is 12.0. The lowest BCUT2D eigenvalue weighted by molar-refractivity contribution is 0.0693. The molecule has 0 bridgehead atoms. The van der Waals surface area contributed by atoms with E-state index in [9.17, 15) is 9.59 Å². The van der Waals surface area contributed by atoms with Crippen LogP contribution in [0.25, 0.3) is 6.08 Å². The van der Waals surface area contributed by atoms with Crippen LogP contribution < -0.4 is 4.74 Å². The number of halogens is 1. The number of allylic oxidation sites excluding steroid dienone is 1. The number of methoxy groups -OCH3 is 1. The van der Waals surface area contributed by atoms with Crippen molar-refractivity contribution in [3.63, 3.8) is 0 Å². The van der Waals surface area contributed by atoms with Crippen LogP contribution in [0.4, 0.5) is 0 Å². The zero-order chi connectivity index (χ0) is 16.1. The van der Waals surface area contributed by atoms with Crippen LogP contribution in [0.5, 0.6) is 5.75 Å². The Bertz CT molecular complexity index is 733. The van der Waals surface area contributed by atoms with Crippen LogP contribution >= 0.6 is 11.6 Å². The van der Waals surface area contributed by atoms with E-state index in [1.54, 1.807) is 42.5 Å². The van der Waals surface area contributed by atoms with Crippen LogP contribution in [0.1, 0.15) is 26.3 Å². The third kappa shape index (κ3) is 3.74. The molecule has 2 aromatic rings. The maximum absolute atomic E-state index is 12.0. The lowest BCUT2D eigenvalue weighted by Crippen LogP contribution is -2.00. The molecular formula is C17H13ClO4. The molecule has 0 amide bonds. The highest BCUT2D eigenvalue weighted by molar-refractivity contribution is 6.30. The van der Waals surface area contributed by atoms with Gasteiger partial charge in [0.1, 0.15) is 11.3 Å². The quantitative estimate of drug-likeness (QED) is 0.670. The average Bonchev–Trinajstić information content (AvgIpc) is 2.52. The molecule has 22 heavy (non-hydrogen) atoms. The number of rotatable bonds is 5. The van der Waals surface area contributed by atoms with Gasteiger partial charge in [0.15, 0.2) is 5.78 Å². The minimum Gasteiger partial charge on any atom is -0.496 e. The molecule has 0 aliphatic rings. The van der Waals surface area contributed by atoms with Gasteiger partial charge in [-0.3, -0.25) is 4.79 Å². The first-order valence-corrected chi connectivity index (χ1v) is 6.78. The van der Waals surface area contributed by atoms with E-state index in [1.165, 1.54) is 19.3 Å². The second-order valence-electron chi connectivity index (χ2n) is 4.47. The van der Waals surface area contributed by atoms with Crippen LogP contribution in [0.3, 0.4) is 0 Å². The molecule has 0 atom stereocenters. The number of aromatic carboxylic acids is 1. The van der Waals surface area contributed by atoms with Crippen LogP contribution in [0.15, 0.2) is 48.5 Å². The predicted molar refractivity (Wildman–Crippen MR) is 84.8 cm³/mol. The molecule has 2 aromatic carbocycles. The zero-order valence-corrected chi connectivity index (χ0v) is 12.5. The molecule has 5 heteroatoms. The van der Waals surface area contributed by atoms with Gasteiger partial charge in [-0.1, -0.05) is 23.7 Å². The van der Waals surface area contributed by atoms with Crippen molar-refractivity contribution >= 4 is 29.4 Å². The summed E-state index contributed by atoms with van der Waals surface area (Å²) in [6, 6.07) is 11.2. The van der Waals surface area contributed by atoms with Crippen LogP contribution in [0.2, 0.25) is 5.02 Å². The van der Waals surface area contributed by atoms with Crippen molar-refractivity contribution < 1.29 is 19.4 Å². The summed E-state index contributed by atoms with van der Waals surface area (Å²) >= 11 is 5.77. The monoisotopic (exact) mass is 316 g/mol. The highest BCUT2D eigenvalue weighted by Gasteiger charge is 2.10. The van der Waals surface area contributed by atoms with Gasteiger partial charge in [0, 0.05) is 10.6 Å². The van der Waals surface area contributed by atoms with Gasteiger partial charge in [0.25, 0.3) is 0 Å². The third-order valence-electron chi connectivity index (χ3n) is 3.01. The summed E-state index contributed by atoms with van der Waals surface area (Å²) in [7, 11) is 1.40. The normalized spacial score (nSPS) is 10.6. The molecule has 0 unspecified atom stereocenters. The summed E-state index contributed by atoms with van der Waals surface area (Å²) in [5, 5.41) is 9.58. The fourth-order valence-electron chi connectivity index (χ4n) is 1.87. The highest BCUT2D eigenvalue weighted by Crippen LogP contribution is 2.21. The fourth-order valence-corrected chi connectivity index (χ4v) is 2.00. The van der Waals surface area contributed by atoms with E-state index in [1.807, 2.05) is 0 Å². The van der Waals surface area contributed by atoms with Crippen molar-refractivity contribution in [3.05, 3.63) is 70.3 Å². The largest absolute Gasteiger partial charge is 0.496 e. The van der Waals surface area contributed by atoms with E-state index in [0.717, 1.165) is 0 Å². The van der Waals surface area contributed by atoms with Gasteiger partial charge in [-0.25, -0.2) is 4.79 Å². The summed E-state index contributed by atoms with van der Waals surface area (Å²) in [4.78, 5) is 23.0. The van der Waals surface area contributed by atoms with Crippen LogP contribution in [-0.4, -0.2) is 24.0 Å². The fraction of sp³-hybridized carbons (Fsp3) is 0.0588. The van der Waals surface area contributed by atoms with Gasteiger partial charge in [0.2, 0.25) is 0 Å². The first-order chi connectivity index (χ1) is 10.5. The Morgan fingerprint density at radius 2 is 1.82 bits per heavy atom. The van der Waals surface area contributed by atoms with Crippen molar-refractivity contribution in [1.29, 1.82) is 0 Å². The van der Waals surface area contributed by atoms with Gasteiger partial charge in [-0.15, -0.1) is 0 Å². The number of benzene rings is 2. The Morgan fingerprint density at radius 1 is 1.14 bits per heavy atom. The number of hydrogen-bond donors (Lipinski definition) is 1. The predicted octanol–water partition coefficient (Wildman–Crippen LogP) is 3.94. The zero-order valence-electron chi connectivity index (χ0n) is 11.7. The maximum Gasteiger partial charge on any atom is 0.339 e.